The van der Waals surface area contributed by atoms with Crippen LogP contribution in [0.25, 0.3) is 42.6 Å². The second kappa shape index (κ2) is 8.11. The van der Waals surface area contributed by atoms with Gasteiger partial charge >= 0.3 is 0 Å². The molecule has 6 rings (SSSR count). The van der Waals surface area contributed by atoms with E-state index in [1.807, 2.05) is 17.5 Å². The van der Waals surface area contributed by atoms with Crippen molar-refractivity contribution in [2.24, 2.45) is 5.92 Å². The molecule has 1 saturated carbocycles. The van der Waals surface area contributed by atoms with Gasteiger partial charge in [0.2, 0.25) is 0 Å². The van der Waals surface area contributed by atoms with Crippen LogP contribution in [-0.2, 0) is 5.41 Å². The number of hydrogen-bond donors (Lipinski definition) is 0. The van der Waals surface area contributed by atoms with Crippen molar-refractivity contribution in [1.82, 2.24) is 4.98 Å². The van der Waals surface area contributed by atoms with Crippen molar-refractivity contribution in [1.29, 1.82) is 0 Å². The first-order chi connectivity index (χ1) is 16.1. The average Bonchev–Trinajstić information content (AvgIpc) is 3.53. The number of benzene rings is 3. The number of rotatable bonds is 4. The lowest BCUT2D eigenvalue weighted by molar-refractivity contribution is 0.325. The molecule has 2 aromatic heterocycles. The van der Waals surface area contributed by atoms with Crippen molar-refractivity contribution in [3.8, 4) is 22.4 Å². The molecule has 0 amide bonds. The number of fused-ring (bicyclic) bond motifs is 3. The number of aromatic nitrogens is 1. The van der Waals surface area contributed by atoms with Crippen LogP contribution in [0.4, 0.5) is 0 Å². The van der Waals surface area contributed by atoms with Gasteiger partial charge in [-0.1, -0.05) is 87.4 Å². The summed E-state index contributed by atoms with van der Waals surface area (Å²) in [5.41, 5.74) is 6.50. The average molecular weight is 448 g/mol. The number of thiophene rings is 1. The molecule has 1 aliphatic carbocycles. The first kappa shape index (κ1) is 20.6. The van der Waals surface area contributed by atoms with Crippen molar-refractivity contribution in [3.05, 3.63) is 90.6 Å². The van der Waals surface area contributed by atoms with Gasteiger partial charge in [0.25, 0.3) is 0 Å². The zero-order chi connectivity index (χ0) is 22.4. The molecule has 2 heteroatoms. The Bertz CT molecular complexity index is 1440. The van der Waals surface area contributed by atoms with Crippen LogP contribution in [0.1, 0.15) is 45.1 Å². The van der Waals surface area contributed by atoms with Crippen LogP contribution < -0.4 is 0 Å². The van der Waals surface area contributed by atoms with Gasteiger partial charge in [0.05, 0.1) is 5.69 Å². The Morgan fingerprint density at radius 3 is 2.36 bits per heavy atom. The van der Waals surface area contributed by atoms with Gasteiger partial charge in [-0.25, -0.2) is 0 Å². The molecule has 0 aliphatic heterocycles. The van der Waals surface area contributed by atoms with Crippen LogP contribution >= 0.6 is 11.3 Å². The Hall–Kier alpha value is -2.97. The second-order valence-electron chi connectivity index (χ2n) is 9.96. The molecule has 0 N–H and O–H groups in total. The lowest BCUT2D eigenvalue weighted by Gasteiger charge is -2.32. The molecule has 5 aromatic rings. The maximum absolute atomic E-state index is 4.88. The van der Waals surface area contributed by atoms with Crippen molar-refractivity contribution in [2.45, 2.75) is 44.9 Å². The molecule has 0 spiro atoms. The molecule has 33 heavy (non-hydrogen) atoms. The van der Waals surface area contributed by atoms with E-state index in [1.54, 1.807) is 0 Å². The van der Waals surface area contributed by atoms with Crippen LogP contribution in [0.3, 0.4) is 0 Å². The molecule has 0 bridgehead atoms. The van der Waals surface area contributed by atoms with Gasteiger partial charge in [-0.15, -0.1) is 11.3 Å². The molecule has 1 fully saturated rings. The summed E-state index contributed by atoms with van der Waals surface area (Å²) < 4.78 is 2.67. The van der Waals surface area contributed by atoms with Gasteiger partial charge in [-0.2, -0.15) is 0 Å². The third kappa shape index (κ3) is 3.48. The van der Waals surface area contributed by atoms with Crippen molar-refractivity contribution >= 4 is 31.5 Å². The van der Waals surface area contributed by atoms with E-state index in [1.165, 1.54) is 68.1 Å². The molecule has 0 atom stereocenters. The van der Waals surface area contributed by atoms with Crippen LogP contribution in [0.2, 0.25) is 0 Å². The Labute approximate surface area is 200 Å². The highest BCUT2D eigenvalue weighted by Gasteiger charge is 2.33. The topological polar surface area (TPSA) is 12.9 Å². The number of pyridine rings is 1. The summed E-state index contributed by atoms with van der Waals surface area (Å²) >= 11 is 1.89. The SMILES string of the molecule is CC(C)(c1ccnc(-c2ccc(-c3ccccc3)c3c2sc2ccccc23)c1)C1CCCC1. The molecular formula is C31H29NS. The summed E-state index contributed by atoms with van der Waals surface area (Å²) in [6.45, 7) is 4.85. The van der Waals surface area contributed by atoms with E-state index in [9.17, 15) is 0 Å². The smallest absolute Gasteiger partial charge is 0.0719 e. The maximum Gasteiger partial charge on any atom is 0.0719 e. The fraction of sp³-hybridized carbons (Fsp3) is 0.258. The number of nitrogens with zero attached hydrogens (tertiary/aromatic N) is 1. The van der Waals surface area contributed by atoms with Gasteiger partial charge in [0.1, 0.15) is 0 Å². The molecule has 3 aromatic carbocycles. The van der Waals surface area contributed by atoms with E-state index in [-0.39, 0.29) is 5.41 Å². The first-order valence-electron chi connectivity index (χ1n) is 12.1. The summed E-state index contributed by atoms with van der Waals surface area (Å²) in [5, 5.41) is 2.68. The largest absolute Gasteiger partial charge is 0.256 e. The van der Waals surface area contributed by atoms with E-state index in [4.69, 9.17) is 4.98 Å². The summed E-state index contributed by atoms with van der Waals surface area (Å²) in [5.74, 6) is 0.762. The lowest BCUT2D eigenvalue weighted by atomic mass is 9.72. The summed E-state index contributed by atoms with van der Waals surface area (Å²) in [7, 11) is 0. The maximum atomic E-state index is 4.88. The molecule has 0 unspecified atom stereocenters. The van der Waals surface area contributed by atoms with E-state index in [0.29, 0.717) is 0 Å². The standard InChI is InChI=1S/C31H29NS/c1-31(2,22-12-6-7-13-22)23-18-19-32-27(20-23)25-17-16-24(21-10-4-3-5-11-21)29-26-14-8-9-15-28(26)33-30(25)29/h3-5,8-11,14-20,22H,6-7,12-13H2,1-2H3. The minimum Gasteiger partial charge on any atom is -0.256 e. The molecule has 1 aliphatic rings. The third-order valence-electron chi connectivity index (χ3n) is 7.77. The van der Waals surface area contributed by atoms with Gasteiger partial charge < -0.3 is 0 Å². The number of hydrogen-bond acceptors (Lipinski definition) is 2. The zero-order valence-electron chi connectivity index (χ0n) is 19.3. The predicted molar refractivity (Wildman–Crippen MR) is 143 cm³/mol. The Morgan fingerprint density at radius 2 is 1.55 bits per heavy atom. The fourth-order valence-corrected chi connectivity index (χ4v) is 7.00. The van der Waals surface area contributed by atoms with E-state index < -0.39 is 0 Å². The van der Waals surface area contributed by atoms with E-state index >= 15 is 0 Å². The van der Waals surface area contributed by atoms with Crippen molar-refractivity contribution in [3.63, 3.8) is 0 Å². The van der Waals surface area contributed by atoms with E-state index in [2.05, 4.69) is 92.7 Å². The molecule has 0 radical (unpaired) electrons. The normalized spacial score (nSPS) is 15.0. The predicted octanol–water partition coefficient (Wildman–Crippen LogP) is 9.25. The molecule has 0 saturated heterocycles. The fourth-order valence-electron chi connectivity index (χ4n) is 5.75. The molecule has 164 valence electrons. The molecule has 1 nitrogen and oxygen atoms in total. The Morgan fingerprint density at radius 1 is 0.818 bits per heavy atom. The molecule has 2 heterocycles. The van der Waals surface area contributed by atoms with Gasteiger partial charge in [-0.3, -0.25) is 4.98 Å². The third-order valence-corrected chi connectivity index (χ3v) is 8.97. The van der Waals surface area contributed by atoms with Crippen molar-refractivity contribution < 1.29 is 0 Å². The summed E-state index contributed by atoms with van der Waals surface area (Å²) in [4.78, 5) is 4.88. The monoisotopic (exact) mass is 447 g/mol. The van der Waals surface area contributed by atoms with Crippen molar-refractivity contribution in [2.75, 3.05) is 0 Å². The van der Waals surface area contributed by atoms with Gasteiger partial charge in [0, 0.05) is 31.9 Å². The molecular weight excluding hydrogens is 418 g/mol. The highest BCUT2D eigenvalue weighted by atomic mass is 32.1. The van der Waals surface area contributed by atoms with Gasteiger partial charge in [-0.05, 0) is 59.1 Å². The lowest BCUT2D eigenvalue weighted by Crippen LogP contribution is -2.26. The van der Waals surface area contributed by atoms with Crippen LogP contribution in [0.15, 0.2) is 85.1 Å². The minimum absolute atomic E-state index is 0.178. The minimum atomic E-state index is 0.178. The Kier molecular flexibility index (Phi) is 5.07. The van der Waals surface area contributed by atoms with Crippen LogP contribution in [0, 0.1) is 5.92 Å². The first-order valence-corrected chi connectivity index (χ1v) is 12.9. The van der Waals surface area contributed by atoms with Crippen LogP contribution in [0.5, 0.6) is 0 Å². The second-order valence-corrected chi connectivity index (χ2v) is 11.0. The summed E-state index contributed by atoms with van der Waals surface area (Å²) in [6, 6.07) is 28.7. The highest BCUT2D eigenvalue weighted by Crippen LogP contribution is 2.46. The van der Waals surface area contributed by atoms with Gasteiger partial charge in [0.15, 0.2) is 0 Å². The summed E-state index contributed by atoms with van der Waals surface area (Å²) in [6.07, 6.45) is 7.45. The highest BCUT2D eigenvalue weighted by molar-refractivity contribution is 7.26. The quantitative estimate of drug-likeness (QED) is 0.267. The zero-order valence-corrected chi connectivity index (χ0v) is 20.2. The Balaban J connectivity index is 1.56. The van der Waals surface area contributed by atoms with E-state index in [0.717, 1.165) is 11.6 Å². The van der Waals surface area contributed by atoms with Crippen LogP contribution in [-0.4, -0.2) is 4.98 Å².